The van der Waals surface area contributed by atoms with E-state index in [1.54, 1.807) is 16.4 Å². The van der Waals surface area contributed by atoms with Crippen LogP contribution in [0.4, 0.5) is 18.7 Å². The van der Waals surface area contributed by atoms with Gasteiger partial charge in [-0.2, -0.15) is 0 Å². The largest absolute Gasteiger partial charge is 0.798 e. The Labute approximate surface area is 152 Å². The van der Waals surface area contributed by atoms with Crippen molar-refractivity contribution in [1.29, 1.82) is 0 Å². The van der Waals surface area contributed by atoms with E-state index in [-0.39, 0.29) is 24.5 Å². The van der Waals surface area contributed by atoms with Crippen LogP contribution in [-0.4, -0.2) is 42.3 Å². The van der Waals surface area contributed by atoms with E-state index in [1.807, 2.05) is 0 Å². The van der Waals surface area contributed by atoms with Crippen molar-refractivity contribution in [3.05, 3.63) is 39.4 Å². The Bertz CT molecular complexity index is 1000. The predicted molar refractivity (Wildman–Crippen MR) is 92.8 cm³/mol. The standard InChI is InChI=1S/C17H16BF3N2O4/c1-8-14-11(4-13(19)15(8)22-5-10(24)6-22)16(25)12(17(26)27-18(20)21)7-23(14)9-2-3-9/h4,7,9-10,24H,2-3,5-6H2,1H3. The third-order valence-electron chi connectivity index (χ3n) is 5.01. The number of hydrogen-bond acceptors (Lipinski definition) is 5. The highest BCUT2D eigenvalue weighted by Gasteiger charge is 2.33. The number of benzene rings is 1. The molecular weight excluding hydrogens is 364 g/mol. The molecular formula is C17H16BF3N2O4. The summed E-state index contributed by atoms with van der Waals surface area (Å²) >= 11 is 0. The fourth-order valence-electron chi connectivity index (χ4n) is 3.63. The fraction of sp³-hybridized carbons (Fsp3) is 0.412. The van der Waals surface area contributed by atoms with E-state index in [2.05, 4.69) is 4.65 Å². The first-order valence-electron chi connectivity index (χ1n) is 8.58. The summed E-state index contributed by atoms with van der Waals surface area (Å²) in [4.78, 5) is 26.3. The Morgan fingerprint density at radius 1 is 1.33 bits per heavy atom. The molecule has 0 atom stereocenters. The second kappa shape index (κ2) is 6.30. The van der Waals surface area contributed by atoms with Crippen LogP contribution >= 0.6 is 0 Å². The van der Waals surface area contributed by atoms with Gasteiger partial charge >= 0.3 is 13.4 Å². The zero-order chi connectivity index (χ0) is 19.5. The molecule has 2 aromatic rings. The van der Waals surface area contributed by atoms with Gasteiger partial charge < -0.3 is 19.2 Å². The van der Waals surface area contributed by atoms with Gasteiger partial charge in [-0.1, -0.05) is 0 Å². The topological polar surface area (TPSA) is 71.8 Å². The van der Waals surface area contributed by atoms with Crippen LogP contribution < -0.4 is 10.3 Å². The molecule has 1 saturated heterocycles. The number of carbonyl (C=O) groups excluding carboxylic acids is 1. The molecule has 1 aromatic heterocycles. The molecule has 1 aliphatic carbocycles. The van der Waals surface area contributed by atoms with Gasteiger partial charge in [-0.3, -0.25) is 4.79 Å². The van der Waals surface area contributed by atoms with Gasteiger partial charge in [-0.25, -0.2) is 17.8 Å². The van der Waals surface area contributed by atoms with Gasteiger partial charge in [0, 0.05) is 30.7 Å². The van der Waals surface area contributed by atoms with Crippen molar-refractivity contribution in [2.45, 2.75) is 31.9 Å². The minimum atomic E-state index is -3.35. The average Bonchev–Trinajstić information content (AvgIpc) is 3.38. The van der Waals surface area contributed by atoms with E-state index in [4.69, 9.17) is 0 Å². The third-order valence-corrected chi connectivity index (χ3v) is 5.01. The number of β-amino-alcohol motifs (C(OH)–C–C–N with tert-alkyl or cyclic N) is 1. The van der Waals surface area contributed by atoms with Gasteiger partial charge in [0.25, 0.3) is 0 Å². The number of aryl methyl sites for hydroxylation is 1. The van der Waals surface area contributed by atoms with E-state index in [1.165, 1.54) is 6.20 Å². The normalized spacial score (nSPS) is 17.1. The zero-order valence-electron chi connectivity index (χ0n) is 14.4. The fourth-order valence-corrected chi connectivity index (χ4v) is 3.63. The van der Waals surface area contributed by atoms with Gasteiger partial charge in [0.1, 0.15) is 11.4 Å². The Balaban J connectivity index is 1.94. The minimum Gasteiger partial charge on any atom is -0.474 e. The van der Waals surface area contributed by atoms with Crippen molar-refractivity contribution in [3.8, 4) is 0 Å². The van der Waals surface area contributed by atoms with Crippen molar-refractivity contribution in [1.82, 2.24) is 4.57 Å². The number of aliphatic hydroxyl groups excluding tert-OH is 1. The lowest BCUT2D eigenvalue weighted by molar-refractivity contribution is 0.0693. The van der Waals surface area contributed by atoms with Crippen LogP contribution in [0.2, 0.25) is 0 Å². The molecule has 4 rings (SSSR count). The summed E-state index contributed by atoms with van der Waals surface area (Å²) in [6.45, 7) is 2.24. The van der Waals surface area contributed by atoms with E-state index >= 15 is 0 Å². The third kappa shape index (κ3) is 2.97. The maximum atomic E-state index is 14.7. The van der Waals surface area contributed by atoms with Crippen LogP contribution in [0.1, 0.15) is 34.8 Å². The number of pyridine rings is 1. The number of hydrogen-bond donors (Lipinski definition) is 1. The van der Waals surface area contributed by atoms with E-state index < -0.39 is 36.4 Å². The monoisotopic (exact) mass is 380 g/mol. The summed E-state index contributed by atoms with van der Waals surface area (Å²) in [6.07, 6.45) is 2.30. The maximum absolute atomic E-state index is 14.7. The number of aromatic nitrogens is 1. The van der Waals surface area contributed by atoms with Crippen molar-refractivity contribution in [2.75, 3.05) is 18.0 Å². The number of aliphatic hydroxyl groups is 1. The summed E-state index contributed by atoms with van der Waals surface area (Å²) in [5.41, 5.74) is -0.113. The molecule has 1 aromatic carbocycles. The van der Waals surface area contributed by atoms with Crippen molar-refractivity contribution in [3.63, 3.8) is 0 Å². The maximum Gasteiger partial charge on any atom is 0.798 e. The molecule has 142 valence electrons. The molecule has 10 heteroatoms. The first-order valence-corrected chi connectivity index (χ1v) is 8.58. The molecule has 0 spiro atoms. The molecule has 1 saturated carbocycles. The molecule has 0 amide bonds. The van der Waals surface area contributed by atoms with Crippen LogP contribution in [0.3, 0.4) is 0 Å². The van der Waals surface area contributed by atoms with Gasteiger partial charge in [0.05, 0.1) is 17.3 Å². The van der Waals surface area contributed by atoms with Crippen molar-refractivity contribution < 1.29 is 27.6 Å². The van der Waals surface area contributed by atoms with Crippen LogP contribution in [0, 0.1) is 12.7 Å². The first-order chi connectivity index (χ1) is 12.8. The van der Waals surface area contributed by atoms with Crippen LogP contribution in [0.25, 0.3) is 10.9 Å². The highest BCUT2D eigenvalue weighted by atomic mass is 19.2. The number of nitrogens with zero attached hydrogens (tertiary/aromatic N) is 2. The Morgan fingerprint density at radius 3 is 2.56 bits per heavy atom. The smallest absolute Gasteiger partial charge is 0.474 e. The summed E-state index contributed by atoms with van der Waals surface area (Å²) in [5.74, 6) is -2.09. The zero-order valence-corrected chi connectivity index (χ0v) is 14.4. The van der Waals surface area contributed by atoms with Crippen LogP contribution in [0.15, 0.2) is 17.1 Å². The molecule has 1 N–H and O–H groups in total. The van der Waals surface area contributed by atoms with Crippen LogP contribution in [-0.2, 0) is 4.65 Å². The lowest BCUT2D eigenvalue weighted by Crippen LogP contribution is -2.51. The molecule has 2 aliphatic rings. The average molecular weight is 380 g/mol. The quantitative estimate of drug-likeness (QED) is 0.823. The Kier molecular flexibility index (Phi) is 4.17. The van der Waals surface area contributed by atoms with Gasteiger partial charge in [0.2, 0.25) is 5.43 Å². The second-order valence-corrected chi connectivity index (χ2v) is 6.96. The molecule has 1 aliphatic heterocycles. The predicted octanol–water partition coefficient (Wildman–Crippen LogP) is 2.05. The highest BCUT2D eigenvalue weighted by molar-refractivity contribution is 6.38. The lowest BCUT2D eigenvalue weighted by atomic mass is 10.0. The lowest BCUT2D eigenvalue weighted by Gasteiger charge is -2.39. The first kappa shape index (κ1) is 17.9. The van der Waals surface area contributed by atoms with Crippen molar-refractivity contribution >= 4 is 30.0 Å². The highest BCUT2D eigenvalue weighted by Crippen LogP contribution is 2.40. The summed E-state index contributed by atoms with van der Waals surface area (Å²) < 4.78 is 45.1. The van der Waals surface area contributed by atoms with Gasteiger partial charge in [-0.15, -0.1) is 0 Å². The summed E-state index contributed by atoms with van der Waals surface area (Å²) in [5, 5.41) is 9.46. The Hall–Kier alpha value is -2.49. The van der Waals surface area contributed by atoms with Gasteiger partial charge in [-0.05, 0) is 31.4 Å². The second-order valence-electron chi connectivity index (χ2n) is 6.96. The number of anilines is 1. The SMILES string of the molecule is Cc1c(N2CC(O)C2)c(F)cc2c(=O)c(C(=O)OB(F)F)cn(C3CC3)c12. The Morgan fingerprint density at radius 2 is 2.00 bits per heavy atom. The molecule has 2 fully saturated rings. The van der Waals surface area contributed by atoms with Crippen LogP contribution in [0.5, 0.6) is 0 Å². The summed E-state index contributed by atoms with van der Waals surface area (Å²) in [7, 11) is -3.35. The molecule has 0 unspecified atom stereocenters. The number of halogens is 3. The number of carbonyl (C=O) groups is 1. The molecule has 2 heterocycles. The van der Waals surface area contributed by atoms with E-state index in [0.717, 1.165) is 18.9 Å². The molecule has 0 bridgehead atoms. The number of fused-ring (bicyclic) bond motifs is 1. The van der Waals surface area contributed by atoms with Crippen molar-refractivity contribution in [2.24, 2.45) is 0 Å². The minimum absolute atomic E-state index is 0.00481. The van der Waals surface area contributed by atoms with E-state index in [0.29, 0.717) is 16.8 Å². The number of rotatable bonds is 4. The molecule has 6 nitrogen and oxygen atoms in total. The van der Waals surface area contributed by atoms with E-state index in [9.17, 15) is 27.7 Å². The van der Waals surface area contributed by atoms with Gasteiger partial charge in [0.15, 0.2) is 0 Å². The molecule has 0 radical (unpaired) electrons. The summed E-state index contributed by atoms with van der Waals surface area (Å²) in [6, 6.07) is 1.04. The molecule has 27 heavy (non-hydrogen) atoms.